The zero-order valence-electron chi connectivity index (χ0n) is 15.7. The van der Waals surface area contributed by atoms with E-state index >= 15 is 0 Å². The van der Waals surface area contributed by atoms with Crippen molar-refractivity contribution < 1.29 is 4.74 Å². The van der Waals surface area contributed by atoms with E-state index in [9.17, 15) is 0 Å². The Hall–Kier alpha value is -2.11. The van der Waals surface area contributed by atoms with Crippen LogP contribution >= 0.6 is 0 Å². The molecular weight excluding hydrogens is 324 g/mol. The summed E-state index contributed by atoms with van der Waals surface area (Å²) in [6, 6.07) is 15.0. The first-order valence-corrected chi connectivity index (χ1v) is 9.65. The van der Waals surface area contributed by atoms with Gasteiger partial charge < -0.3 is 15.4 Å². The van der Waals surface area contributed by atoms with Crippen LogP contribution in [0.25, 0.3) is 10.8 Å². The Morgan fingerprint density at radius 2 is 1.88 bits per heavy atom. The van der Waals surface area contributed by atoms with Gasteiger partial charge in [-0.25, -0.2) is 4.99 Å². The van der Waals surface area contributed by atoms with Crippen molar-refractivity contribution >= 4 is 16.7 Å². The van der Waals surface area contributed by atoms with E-state index in [0.717, 1.165) is 58.3 Å². The fourth-order valence-electron chi connectivity index (χ4n) is 3.18. The van der Waals surface area contributed by atoms with Crippen molar-refractivity contribution in [3.8, 4) is 0 Å². The Balaban J connectivity index is 1.49. The quantitative estimate of drug-likeness (QED) is 0.456. The number of nitrogens with zero attached hydrogens (tertiary/aromatic N) is 2. The summed E-state index contributed by atoms with van der Waals surface area (Å²) in [5.74, 6) is 0.891. The molecular formula is C21H30N4O. The SMILES string of the molecule is CCNC(=NCc1ccc2ccccc2c1)NCCCN1CCOCC1. The van der Waals surface area contributed by atoms with E-state index in [2.05, 4.69) is 64.9 Å². The summed E-state index contributed by atoms with van der Waals surface area (Å²) in [6.45, 7) is 9.53. The van der Waals surface area contributed by atoms with Crippen molar-refractivity contribution in [1.82, 2.24) is 15.5 Å². The number of fused-ring (bicyclic) bond motifs is 1. The van der Waals surface area contributed by atoms with Crippen molar-refractivity contribution in [3.05, 3.63) is 48.0 Å². The molecule has 1 saturated heterocycles. The second kappa shape index (κ2) is 10.1. The first kappa shape index (κ1) is 18.7. The van der Waals surface area contributed by atoms with E-state index in [-0.39, 0.29) is 0 Å². The topological polar surface area (TPSA) is 48.9 Å². The molecule has 2 aromatic carbocycles. The van der Waals surface area contributed by atoms with E-state index < -0.39 is 0 Å². The molecule has 1 aliphatic heterocycles. The summed E-state index contributed by atoms with van der Waals surface area (Å²) in [5, 5.41) is 9.32. The van der Waals surface area contributed by atoms with Gasteiger partial charge in [-0.15, -0.1) is 0 Å². The third-order valence-corrected chi connectivity index (χ3v) is 4.63. The molecule has 2 aromatic rings. The van der Waals surface area contributed by atoms with Gasteiger partial charge in [-0.1, -0.05) is 36.4 Å². The lowest BCUT2D eigenvalue weighted by molar-refractivity contribution is 0.0376. The lowest BCUT2D eigenvalue weighted by Crippen LogP contribution is -2.40. The Kier molecular flexibility index (Phi) is 7.28. The molecule has 0 aliphatic carbocycles. The van der Waals surface area contributed by atoms with Crippen LogP contribution in [0.2, 0.25) is 0 Å². The largest absolute Gasteiger partial charge is 0.379 e. The number of morpholine rings is 1. The van der Waals surface area contributed by atoms with Crippen molar-refractivity contribution in [1.29, 1.82) is 0 Å². The highest BCUT2D eigenvalue weighted by Gasteiger charge is 2.09. The Labute approximate surface area is 156 Å². The third kappa shape index (κ3) is 5.71. The van der Waals surface area contributed by atoms with Crippen LogP contribution in [0.3, 0.4) is 0 Å². The summed E-state index contributed by atoms with van der Waals surface area (Å²) in [6.07, 6.45) is 1.11. The zero-order valence-corrected chi connectivity index (χ0v) is 15.7. The Morgan fingerprint density at radius 3 is 2.69 bits per heavy atom. The van der Waals surface area contributed by atoms with Gasteiger partial charge >= 0.3 is 0 Å². The summed E-state index contributed by atoms with van der Waals surface area (Å²) >= 11 is 0. The molecule has 1 fully saturated rings. The molecule has 5 heteroatoms. The highest BCUT2D eigenvalue weighted by atomic mass is 16.5. The molecule has 2 N–H and O–H groups in total. The molecule has 0 unspecified atom stereocenters. The fourth-order valence-corrected chi connectivity index (χ4v) is 3.18. The van der Waals surface area contributed by atoms with E-state index in [1.165, 1.54) is 16.3 Å². The van der Waals surface area contributed by atoms with Crippen LogP contribution in [-0.2, 0) is 11.3 Å². The molecule has 0 saturated carbocycles. The average molecular weight is 354 g/mol. The summed E-state index contributed by atoms with van der Waals surface area (Å²) < 4.78 is 5.39. The zero-order chi connectivity index (χ0) is 18.0. The van der Waals surface area contributed by atoms with Crippen molar-refractivity contribution in [3.63, 3.8) is 0 Å². The van der Waals surface area contributed by atoms with Gasteiger partial charge in [0.15, 0.2) is 5.96 Å². The first-order valence-electron chi connectivity index (χ1n) is 9.65. The van der Waals surface area contributed by atoms with Crippen molar-refractivity contribution in [2.45, 2.75) is 19.9 Å². The van der Waals surface area contributed by atoms with Gasteiger partial charge in [0.25, 0.3) is 0 Å². The molecule has 140 valence electrons. The van der Waals surface area contributed by atoms with Crippen LogP contribution in [0, 0.1) is 0 Å². The molecule has 0 amide bonds. The predicted octanol–water partition coefficient (Wildman–Crippen LogP) is 2.62. The van der Waals surface area contributed by atoms with Crippen LogP contribution in [-0.4, -0.2) is 56.8 Å². The summed E-state index contributed by atoms with van der Waals surface area (Å²) in [4.78, 5) is 7.20. The van der Waals surface area contributed by atoms with Gasteiger partial charge in [0.2, 0.25) is 0 Å². The summed E-state index contributed by atoms with van der Waals surface area (Å²) in [5.41, 5.74) is 1.23. The maximum absolute atomic E-state index is 5.39. The lowest BCUT2D eigenvalue weighted by Gasteiger charge is -2.26. The van der Waals surface area contributed by atoms with E-state index in [1.54, 1.807) is 0 Å². The maximum Gasteiger partial charge on any atom is 0.191 e. The smallest absolute Gasteiger partial charge is 0.191 e. The number of ether oxygens (including phenoxy) is 1. The van der Waals surface area contributed by atoms with Crippen LogP contribution in [0.5, 0.6) is 0 Å². The molecule has 0 spiro atoms. The van der Waals surface area contributed by atoms with Gasteiger partial charge in [0.1, 0.15) is 0 Å². The molecule has 1 heterocycles. The highest BCUT2D eigenvalue weighted by molar-refractivity contribution is 5.83. The molecule has 5 nitrogen and oxygen atoms in total. The predicted molar refractivity (Wildman–Crippen MR) is 109 cm³/mol. The van der Waals surface area contributed by atoms with E-state index in [4.69, 9.17) is 9.73 Å². The Morgan fingerprint density at radius 1 is 1.08 bits per heavy atom. The van der Waals surface area contributed by atoms with E-state index in [0.29, 0.717) is 6.54 Å². The number of rotatable bonds is 7. The minimum Gasteiger partial charge on any atom is -0.379 e. The van der Waals surface area contributed by atoms with Crippen molar-refractivity contribution in [2.75, 3.05) is 45.9 Å². The molecule has 0 bridgehead atoms. The number of aliphatic imine (C=N–C) groups is 1. The first-order chi connectivity index (χ1) is 12.8. The Bertz CT molecular complexity index is 710. The van der Waals surface area contributed by atoms with Crippen molar-refractivity contribution in [2.24, 2.45) is 4.99 Å². The molecule has 3 rings (SSSR count). The monoisotopic (exact) mass is 354 g/mol. The van der Waals surface area contributed by atoms with Crippen LogP contribution in [0.4, 0.5) is 0 Å². The van der Waals surface area contributed by atoms with Crippen LogP contribution in [0.1, 0.15) is 18.9 Å². The lowest BCUT2D eigenvalue weighted by atomic mass is 10.1. The average Bonchev–Trinajstić information content (AvgIpc) is 2.70. The minimum atomic E-state index is 0.684. The molecule has 0 radical (unpaired) electrons. The molecule has 26 heavy (non-hydrogen) atoms. The van der Waals surface area contributed by atoms with Gasteiger partial charge in [0.05, 0.1) is 19.8 Å². The molecule has 1 aliphatic rings. The number of benzene rings is 2. The fraction of sp³-hybridized carbons (Fsp3) is 0.476. The van der Waals surface area contributed by atoms with Gasteiger partial charge in [-0.2, -0.15) is 0 Å². The second-order valence-electron chi connectivity index (χ2n) is 6.61. The van der Waals surface area contributed by atoms with Gasteiger partial charge in [-0.05, 0) is 42.3 Å². The number of nitrogens with one attached hydrogen (secondary N) is 2. The minimum absolute atomic E-state index is 0.684. The number of guanidine groups is 1. The van der Waals surface area contributed by atoms with E-state index in [1.807, 2.05) is 0 Å². The maximum atomic E-state index is 5.39. The number of hydrogen-bond acceptors (Lipinski definition) is 3. The highest BCUT2D eigenvalue weighted by Crippen LogP contribution is 2.16. The van der Waals surface area contributed by atoms with Gasteiger partial charge in [0, 0.05) is 26.2 Å². The standard InChI is InChI=1S/C21H30N4O/c1-2-22-21(23-10-5-11-25-12-14-26-15-13-25)24-17-18-8-9-19-6-3-4-7-20(19)16-18/h3-4,6-9,16H,2,5,10-15,17H2,1H3,(H2,22,23,24). The molecule has 0 atom stereocenters. The third-order valence-electron chi connectivity index (χ3n) is 4.63. The number of hydrogen-bond donors (Lipinski definition) is 2. The van der Waals surface area contributed by atoms with Gasteiger partial charge in [-0.3, -0.25) is 4.90 Å². The normalized spacial score (nSPS) is 16.0. The molecule has 0 aromatic heterocycles. The summed E-state index contributed by atoms with van der Waals surface area (Å²) in [7, 11) is 0. The second-order valence-corrected chi connectivity index (χ2v) is 6.61. The van der Waals surface area contributed by atoms with Crippen LogP contribution < -0.4 is 10.6 Å². The van der Waals surface area contributed by atoms with Crippen LogP contribution in [0.15, 0.2) is 47.5 Å².